The molecule has 7 heteroatoms. The maximum Gasteiger partial charge on any atom is 0.348 e. The molecule has 0 atom stereocenters. The highest BCUT2D eigenvalue weighted by molar-refractivity contribution is 6.31. The average Bonchev–Trinajstić information content (AvgIpc) is 2.46. The molecule has 0 N–H and O–H groups in total. The zero-order valence-electron chi connectivity index (χ0n) is 10.5. The molecule has 1 aromatic heterocycles. The average molecular weight is 291 g/mol. The van der Waals surface area contributed by atoms with Gasteiger partial charge >= 0.3 is 5.69 Å². The van der Waals surface area contributed by atoms with Crippen molar-refractivity contribution in [2.45, 2.75) is 13.0 Å². The number of rotatable bonds is 2. The molecule has 0 saturated heterocycles. The molecule has 0 spiro atoms. The van der Waals surface area contributed by atoms with Gasteiger partial charge in [-0.15, -0.1) is 0 Å². The van der Waals surface area contributed by atoms with Crippen molar-refractivity contribution >= 4 is 23.1 Å². The maximum absolute atomic E-state index is 11.1. The molecular weight excluding hydrogens is 280 g/mol. The summed E-state index contributed by atoms with van der Waals surface area (Å²) in [6.07, 6.45) is 2.08. The lowest BCUT2D eigenvalue weighted by molar-refractivity contribution is -0.384. The zero-order chi connectivity index (χ0) is 14.1. The van der Waals surface area contributed by atoms with Crippen LogP contribution in [0.5, 0.6) is 0 Å². The summed E-state index contributed by atoms with van der Waals surface area (Å²) in [7, 11) is 0. The smallest absolute Gasteiger partial charge is 0.346 e. The van der Waals surface area contributed by atoms with E-state index in [1.807, 2.05) is 23.1 Å². The van der Waals surface area contributed by atoms with E-state index < -0.39 is 4.92 Å². The van der Waals surface area contributed by atoms with Gasteiger partial charge in [0.2, 0.25) is 11.0 Å². The Kier molecular flexibility index (Phi) is 3.23. The third-order valence-electron chi connectivity index (χ3n) is 3.37. The van der Waals surface area contributed by atoms with Crippen molar-refractivity contribution in [2.75, 3.05) is 11.4 Å². The summed E-state index contributed by atoms with van der Waals surface area (Å²) >= 11 is 5.82. The third kappa shape index (κ3) is 2.18. The molecule has 1 aliphatic heterocycles. The van der Waals surface area contributed by atoms with Crippen molar-refractivity contribution in [1.82, 2.24) is 9.97 Å². The molecule has 20 heavy (non-hydrogen) atoms. The number of anilines is 1. The lowest BCUT2D eigenvalue weighted by Gasteiger charge is -2.29. The summed E-state index contributed by atoms with van der Waals surface area (Å²) in [4.78, 5) is 20.2. The third-order valence-corrected chi connectivity index (χ3v) is 3.65. The van der Waals surface area contributed by atoms with Crippen molar-refractivity contribution in [3.63, 3.8) is 0 Å². The Bertz CT molecular complexity index is 677. The molecule has 3 rings (SSSR count). The lowest BCUT2D eigenvalue weighted by atomic mass is 10.00. The molecule has 102 valence electrons. The van der Waals surface area contributed by atoms with Crippen LogP contribution < -0.4 is 4.90 Å². The Morgan fingerprint density at radius 2 is 2.00 bits per heavy atom. The number of nitro groups is 1. The Balaban J connectivity index is 2.00. The van der Waals surface area contributed by atoms with Crippen molar-refractivity contribution in [2.24, 2.45) is 0 Å². The monoisotopic (exact) mass is 290 g/mol. The predicted molar refractivity (Wildman–Crippen MR) is 74.9 cm³/mol. The fourth-order valence-electron chi connectivity index (χ4n) is 2.41. The summed E-state index contributed by atoms with van der Waals surface area (Å²) in [6, 6.07) is 8.06. The molecule has 1 aliphatic rings. The molecule has 2 heterocycles. The zero-order valence-corrected chi connectivity index (χ0v) is 11.2. The first kappa shape index (κ1) is 12.8. The van der Waals surface area contributed by atoms with Crippen LogP contribution in [0.1, 0.15) is 11.1 Å². The Labute approximate surface area is 120 Å². The summed E-state index contributed by atoms with van der Waals surface area (Å²) in [5.41, 5.74) is 2.20. The molecule has 0 amide bonds. The Morgan fingerprint density at radius 1 is 1.25 bits per heavy atom. The predicted octanol–water partition coefficient (Wildman–Crippen LogP) is 2.60. The van der Waals surface area contributed by atoms with Crippen molar-refractivity contribution < 1.29 is 4.92 Å². The van der Waals surface area contributed by atoms with Crippen LogP contribution in [-0.4, -0.2) is 21.4 Å². The minimum absolute atomic E-state index is 0.126. The van der Waals surface area contributed by atoms with Crippen LogP contribution in [0.25, 0.3) is 0 Å². The topological polar surface area (TPSA) is 72.2 Å². The van der Waals surface area contributed by atoms with Crippen LogP contribution in [0.3, 0.4) is 0 Å². The minimum Gasteiger partial charge on any atom is -0.346 e. The first-order chi connectivity index (χ1) is 9.66. The van der Waals surface area contributed by atoms with Crippen LogP contribution in [0, 0.1) is 10.1 Å². The highest BCUT2D eigenvalue weighted by Gasteiger charge is 2.28. The highest BCUT2D eigenvalue weighted by atomic mass is 35.5. The number of fused-ring (bicyclic) bond motifs is 1. The molecule has 2 aromatic rings. The van der Waals surface area contributed by atoms with Gasteiger partial charge in [0.25, 0.3) is 0 Å². The molecule has 0 unspecified atom stereocenters. The van der Waals surface area contributed by atoms with Crippen LogP contribution in [0.15, 0.2) is 30.6 Å². The maximum atomic E-state index is 11.1. The van der Waals surface area contributed by atoms with Crippen LogP contribution in [-0.2, 0) is 13.0 Å². The molecular formula is C13H11ClN4O2. The molecule has 0 fully saturated rings. The van der Waals surface area contributed by atoms with Crippen LogP contribution in [0.2, 0.25) is 5.15 Å². The van der Waals surface area contributed by atoms with Gasteiger partial charge in [-0.25, -0.2) is 9.97 Å². The molecule has 1 aromatic carbocycles. The van der Waals surface area contributed by atoms with E-state index >= 15 is 0 Å². The Hall–Kier alpha value is -2.21. The van der Waals surface area contributed by atoms with E-state index in [4.69, 9.17) is 11.6 Å². The van der Waals surface area contributed by atoms with Gasteiger partial charge < -0.3 is 4.90 Å². The summed E-state index contributed by atoms with van der Waals surface area (Å²) in [5.74, 6) is 0.282. The van der Waals surface area contributed by atoms with Gasteiger partial charge in [-0.2, -0.15) is 0 Å². The minimum atomic E-state index is -0.530. The number of nitrogens with zero attached hydrogens (tertiary/aromatic N) is 4. The quantitative estimate of drug-likeness (QED) is 0.483. The van der Waals surface area contributed by atoms with Gasteiger partial charge in [-0.3, -0.25) is 10.1 Å². The fraction of sp³-hybridized carbons (Fsp3) is 0.231. The number of hydrogen-bond donors (Lipinski definition) is 0. The van der Waals surface area contributed by atoms with E-state index in [1.54, 1.807) is 0 Å². The number of hydrogen-bond acceptors (Lipinski definition) is 5. The van der Waals surface area contributed by atoms with E-state index in [9.17, 15) is 10.1 Å². The van der Waals surface area contributed by atoms with Crippen molar-refractivity contribution in [1.29, 1.82) is 0 Å². The summed E-state index contributed by atoms with van der Waals surface area (Å²) in [6.45, 7) is 1.26. The molecule has 0 radical (unpaired) electrons. The SMILES string of the molecule is O=[N+]([O-])c1c(Cl)ncnc1N1CCc2ccccc2C1. The fourth-order valence-corrected chi connectivity index (χ4v) is 2.61. The van der Waals surface area contributed by atoms with Gasteiger partial charge in [-0.05, 0) is 17.5 Å². The summed E-state index contributed by atoms with van der Waals surface area (Å²) in [5, 5.41) is 11.0. The second-order valence-electron chi connectivity index (χ2n) is 4.53. The normalized spacial score (nSPS) is 13.9. The van der Waals surface area contributed by atoms with Gasteiger partial charge in [-0.1, -0.05) is 35.9 Å². The van der Waals surface area contributed by atoms with E-state index in [-0.39, 0.29) is 16.7 Å². The number of aromatic nitrogens is 2. The second kappa shape index (κ2) is 5.05. The van der Waals surface area contributed by atoms with Gasteiger partial charge in [0.15, 0.2) is 0 Å². The van der Waals surface area contributed by atoms with E-state index in [0.717, 1.165) is 12.0 Å². The summed E-state index contributed by atoms with van der Waals surface area (Å²) < 4.78 is 0. The van der Waals surface area contributed by atoms with E-state index in [1.165, 1.54) is 11.9 Å². The molecule has 0 bridgehead atoms. The van der Waals surface area contributed by atoms with Crippen LogP contribution in [0.4, 0.5) is 11.5 Å². The Morgan fingerprint density at radius 3 is 2.75 bits per heavy atom. The van der Waals surface area contributed by atoms with Gasteiger partial charge in [0.1, 0.15) is 6.33 Å². The number of benzene rings is 1. The second-order valence-corrected chi connectivity index (χ2v) is 4.89. The highest BCUT2D eigenvalue weighted by Crippen LogP contribution is 2.33. The largest absolute Gasteiger partial charge is 0.348 e. The van der Waals surface area contributed by atoms with Gasteiger partial charge in [0, 0.05) is 13.1 Å². The van der Waals surface area contributed by atoms with Crippen molar-refractivity contribution in [3.05, 3.63) is 57.0 Å². The van der Waals surface area contributed by atoms with Crippen LogP contribution >= 0.6 is 11.6 Å². The lowest BCUT2D eigenvalue weighted by Crippen LogP contribution is -2.31. The van der Waals surface area contributed by atoms with E-state index in [2.05, 4.69) is 16.0 Å². The number of halogens is 1. The first-order valence-corrected chi connectivity index (χ1v) is 6.51. The molecule has 0 aliphatic carbocycles. The van der Waals surface area contributed by atoms with Crippen molar-refractivity contribution in [3.8, 4) is 0 Å². The molecule has 6 nitrogen and oxygen atoms in total. The standard InChI is InChI=1S/C13H11ClN4O2/c14-12-11(18(19)20)13(16-8-15-12)17-6-5-9-3-1-2-4-10(9)7-17/h1-4,8H,5-7H2. The van der Waals surface area contributed by atoms with E-state index in [0.29, 0.717) is 13.1 Å². The van der Waals surface area contributed by atoms with Gasteiger partial charge in [0.05, 0.1) is 4.92 Å². The first-order valence-electron chi connectivity index (χ1n) is 6.13. The molecule has 0 saturated carbocycles.